The van der Waals surface area contributed by atoms with Crippen LogP contribution in [0, 0.1) is 0 Å². The van der Waals surface area contributed by atoms with E-state index in [1.54, 1.807) is 26.0 Å². The van der Waals surface area contributed by atoms with Gasteiger partial charge in [0.2, 0.25) is 15.9 Å². The summed E-state index contributed by atoms with van der Waals surface area (Å²) in [4.78, 5) is 11.9. The van der Waals surface area contributed by atoms with Gasteiger partial charge in [0.05, 0.1) is 10.4 Å². The van der Waals surface area contributed by atoms with Crippen molar-refractivity contribution in [2.45, 2.75) is 43.2 Å². The largest absolute Gasteiger partial charge is 0.324 e. The second-order valence-corrected chi connectivity index (χ2v) is 7.31. The van der Waals surface area contributed by atoms with Gasteiger partial charge in [0.15, 0.2) is 0 Å². The lowest BCUT2D eigenvalue weighted by molar-refractivity contribution is -0.120. The van der Waals surface area contributed by atoms with Crippen molar-refractivity contribution in [3.8, 4) is 0 Å². The van der Waals surface area contributed by atoms with Crippen LogP contribution in [0.4, 0.5) is 5.69 Å². The van der Waals surface area contributed by atoms with E-state index in [1.807, 2.05) is 0 Å². The second kappa shape index (κ2) is 5.16. The van der Waals surface area contributed by atoms with Gasteiger partial charge < -0.3 is 11.1 Å². The number of hydrogen-bond donors (Lipinski definition) is 3. The first-order valence-corrected chi connectivity index (χ1v) is 7.89. The van der Waals surface area contributed by atoms with Gasteiger partial charge in [-0.1, -0.05) is 6.07 Å². The quantitative estimate of drug-likeness (QED) is 0.748. The van der Waals surface area contributed by atoms with Crippen LogP contribution in [0.3, 0.4) is 0 Å². The molecule has 1 aromatic carbocycles. The molecule has 1 aromatic rings. The van der Waals surface area contributed by atoms with E-state index in [0.717, 1.165) is 12.8 Å². The fourth-order valence-corrected chi connectivity index (χ4v) is 2.87. The van der Waals surface area contributed by atoms with Crippen LogP contribution in [-0.4, -0.2) is 25.9 Å². The van der Waals surface area contributed by atoms with Gasteiger partial charge in [0, 0.05) is 11.7 Å². The van der Waals surface area contributed by atoms with Gasteiger partial charge >= 0.3 is 0 Å². The second-order valence-electron chi connectivity index (χ2n) is 5.60. The number of carbonyl (C=O) groups is 1. The zero-order valence-corrected chi connectivity index (χ0v) is 12.3. The lowest BCUT2D eigenvalue weighted by Gasteiger charge is -2.18. The third kappa shape index (κ3) is 3.78. The van der Waals surface area contributed by atoms with Gasteiger partial charge in [0.1, 0.15) is 0 Å². The number of hydrogen-bond acceptors (Lipinski definition) is 4. The average molecular weight is 297 g/mol. The number of rotatable bonds is 5. The summed E-state index contributed by atoms with van der Waals surface area (Å²) in [7, 11) is -3.52. The molecule has 1 amide bonds. The third-order valence-corrected chi connectivity index (χ3v) is 4.40. The highest BCUT2D eigenvalue weighted by Gasteiger charge is 2.28. The highest BCUT2D eigenvalue weighted by Crippen LogP contribution is 2.23. The minimum atomic E-state index is -3.52. The molecule has 0 unspecified atom stereocenters. The standard InChI is InChI=1S/C13H19N3O3S/c1-13(2,14)12(17)15-10-4-3-5-11(8-10)20(18,19)16-9-6-7-9/h3-5,8-9,16H,6-7,14H2,1-2H3,(H,15,17). The van der Waals surface area contributed by atoms with Crippen LogP contribution in [-0.2, 0) is 14.8 Å². The summed E-state index contributed by atoms with van der Waals surface area (Å²) in [6.45, 7) is 3.16. The maximum Gasteiger partial charge on any atom is 0.243 e. The summed E-state index contributed by atoms with van der Waals surface area (Å²) in [5, 5.41) is 2.61. The van der Waals surface area contributed by atoms with Crippen LogP contribution >= 0.6 is 0 Å². The predicted molar refractivity (Wildman–Crippen MR) is 76.7 cm³/mol. The first-order chi connectivity index (χ1) is 9.18. The topological polar surface area (TPSA) is 101 Å². The number of benzene rings is 1. The van der Waals surface area contributed by atoms with Crippen molar-refractivity contribution >= 4 is 21.6 Å². The molecule has 1 saturated carbocycles. The zero-order valence-electron chi connectivity index (χ0n) is 11.5. The van der Waals surface area contributed by atoms with Gasteiger partial charge in [-0.3, -0.25) is 4.79 Å². The molecule has 0 radical (unpaired) electrons. The van der Waals surface area contributed by atoms with E-state index in [-0.39, 0.29) is 16.8 Å². The van der Waals surface area contributed by atoms with Crippen molar-refractivity contribution in [2.24, 2.45) is 5.73 Å². The summed E-state index contributed by atoms with van der Waals surface area (Å²) in [6.07, 6.45) is 1.74. The molecule has 2 rings (SSSR count). The van der Waals surface area contributed by atoms with Crippen LogP contribution in [0.1, 0.15) is 26.7 Å². The highest BCUT2D eigenvalue weighted by molar-refractivity contribution is 7.89. The Hall–Kier alpha value is -1.44. The summed E-state index contributed by atoms with van der Waals surface area (Å²) in [6, 6.07) is 6.17. The fourth-order valence-electron chi connectivity index (χ4n) is 1.52. The summed E-state index contributed by atoms with van der Waals surface area (Å²) in [5.74, 6) is -0.373. The predicted octanol–water partition coefficient (Wildman–Crippen LogP) is 0.803. The first-order valence-electron chi connectivity index (χ1n) is 6.41. The third-order valence-electron chi connectivity index (χ3n) is 2.89. The summed E-state index contributed by atoms with van der Waals surface area (Å²) in [5.41, 5.74) is 5.06. The molecule has 20 heavy (non-hydrogen) atoms. The average Bonchev–Trinajstić information content (AvgIpc) is 3.11. The van der Waals surface area contributed by atoms with Crippen LogP contribution in [0.25, 0.3) is 0 Å². The molecule has 0 saturated heterocycles. The lowest BCUT2D eigenvalue weighted by atomic mass is 10.1. The molecule has 7 heteroatoms. The van der Waals surface area contributed by atoms with Gasteiger partial charge in [0.25, 0.3) is 0 Å². The number of amides is 1. The first kappa shape index (κ1) is 15.0. The lowest BCUT2D eigenvalue weighted by Crippen LogP contribution is -2.45. The Morgan fingerprint density at radius 3 is 2.55 bits per heavy atom. The van der Waals surface area contributed by atoms with Crippen molar-refractivity contribution in [3.63, 3.8) is 0 Å². The van der Waals surface area contributed by atoms with Crippen LogP contribution in [0.5, 0.6) is 0 Å². The Bertz CT molecular complexity index is 616. The van der Waals surface area contributed by atoms with Crippen LogP contribution in [0.15, 0.2) is 29.2 Å². The normalized spacial score (nSPS) is 15.9. The van der Waals surface area contributed by atoms with E-state index in [4.69, 9.17) is 5.73 Å². The monoisotopic (exact) mass is 297 g/mol. The molecule has 0 atom stereocenters. The summed E-state index contributed by atoms with van der Waals surface area (Å²) < 4.78 is 26.7. The molecule has 6 nitrogen and oxygen atoms in total. The van der Waals surface area contributed by atoms with E-state index < -0.39 is 15.6 Å². The Morgan fingerprint density at radius 2 is 2.00 bits per heavy atom. The molecular formula is C13H19N3O3S. The number of anilines is 1. The van der Waals surface area contributed by atoms with E-state index in [2.05, 4.69) is 10.0 Å². The molecule has 4 N–H and O–H groups in total. The Morgan fingerprint density at radius 1 is 1.35 bits per heavy atom. The molecule has 0 spiro atoms. The Kier molecular flexibility index (Phi) is 3.86. The molecule has 1 aliphatic rings. The highest BCUT2D eigenvalue weighted by atomic mass is 32.2. The molecule has 1 fully saturated rings. The number of sulfonamides is 1. The molecular weight excluding hydrogens is 278 g/mol. The Labute approximate surface area is 118 Å². The van der Waals surface area contributed by atoms with Crippen molar-refractivity contribution in [1.82, 2.24) is 4.72 Å². The van der Waals surface area contributed by atoms with Crippen molar-refractivity contribution in [2.75, 3.05) is 5.32 Å². The molecule has 0 heterocycles. The van der Waals surface area contributed by atoms with Crippen molar-refractivity contribution in [1.29, 1.82) is 0 Å². The maximum absolute atomic E-state index is 12.1. The summed E-state index contributed by atoms with van der Waals surface area (Å²) >= 11 is 0. The van der Waals surface area contributed by atoms with Gasteiger partial charge in [-0.15, -0.1) is 0 Å². The minimum absolute atomic E-state index is 0.0428. The molecule has 0 bridgehead atoms. The van der Waals surface area contributed by atoms with Crippen LogP contribution in [0.2, 0.25) is 0 Å². The van der Waals surface area contributed by atoms with E-state index in [0.29, 0.717) is 5.69 Å². The number of carbonyl (C=O) groups excluding carboxylic acids is 1. The maximum atomic E-state index is 12.1. The van der Waals surface area contributed by atoms with Gasteiger partial charge in [-0.2, -0.15) is 0 Å². The minimum Gasteiger partial charge on any atom is -0.324 e. The van der Waals surface area contributed by atoms with E-state index in [9.17, 15) is 13.2 Å². The number of nitrogens with two attached hydrogens (primary N) is 1. The van der Waals surface area contributed by atoms with Gasteiger partial charge in [-0.25, -0.2) is 13.1 Å². The zero-order chi connectivity index (χ0) is 15.0. The van der Waals surface area contributed by atoms with Gasteiger partial charge in [-0.05, 0) is 44.9 Å². The van der Waals surface area contributed by atoms with Crippen molar-refractivity contribution in [3.05, 3.63) is 24.3 Å². The SMILES string of the molecule is CC(C)(N)C(=O)Nc1cccc(S(=O)(=O)NC2CC2)c1. The van der Waals surface area contributed by atoms with Crippen molar-refractivity contribution < 1.29 is 13.2 Å². The van der Waals surface area contributed by atoms with E-state index in [1.165, 1.54) is 12.1 Å². The smallest absolute Gasteiger partial charge is 0.243 e. The van der Waals surface area contributed by atoms with Crippen LogP contribution < -0.4 is 15.8 Å². The molecule has 0 aliphatic heterocycles. The fraction of sp³-hybridized carbons (Fsp3) is 0.462. The number of nitrogens with one attached hydrogen (secondary N) is 2. The van der Waals surface area contributed by atoms with E-state index >= 15 is 0 Å². The molecule has 0 aromatic heterocycles. The molecule has 1 aliphatic carbocycles. The Balaban J connectivity index is 2.17. The molecule has 110 valence electrons.